The van der Waals surface area contributed by atoms with Gasteiger partial charge in [0, 0.05) is 6.54 Å². The molecule has 0 aliphatic heterocycles. The van der Waals surface area contributed by atoms with Gasteiger partial charge in [-0.15, -0.1) is 0 Å². The van der Waals surface area contributed by atoms with E-state index in [0.717, 1.165) is 11.3 Å². The predicted octanol–water partition coefficient (Wildman–Crippen LogP) is 2.42. The van der Waals surface area contributed by atoms with E-state index in [1.807, 2.05) is 38.1 Å². The van der Waals surface area contributed by atoms with E-state index >= 15 is 0 Å². The maximum atomic E-state index is 12.1. The molecule has 1 aromatic heterocycles. The van der Waals surface area contributed by atoms with Gasteiger partial charge >= 0.3 is 0 Å². The molecular weight excluding hydrogens is 308 g/mol. The van der Waals surface area contributed by atoms with E-state index in [9.17, 15) is 9.59 Å². The SMILES string of the molecule is CCNC(=O)C(C)NC(=O)c1ccc(COc2ccc(C)cc2)o1. The number of furan rings is 1. The largest absolute Gasteiger partial charge is 0.486 e. The van der Waals surface area contributed by atoms with Crippen LogP contribution in [0.1, 0.15) is 35.7 Å². The summed E-state index contributed by atoms with van der Waals surface area (Å²) < 4.78 is 11.1. The molecule has 1 aromatic carbocycles. The molecule has 2 aromatic rings. The fourth-order valence-electron chi connectivity index (χ4n) is 2.03. The van der Waals surface area contributed by atoms with Crippen LogP contribution in [0.5, 0.6) is 5.75 Å². The van der Waals surface area contributed by atoms with Gasteiger partial charge in [-0.1, -0.05) is 17.7 Å². The minimum atomic E-state index is -0.630. The third kappa shape index (κ3) is 4.87. The molecule has 128 valence electrons. The van der Waals surface area contributed by atoms with Crippen LogP contribution in [0.3, 0.4) is 0 Å². The number of hydrogen-bond donors (Lipinski definition) is 2. The maximum absolute atomic E-state index is 12.1. The number of benzene rings is 1. The van der Waals surface area contributed by atoms with E-state index in [-0.39, 0.29) is 18.3 Å². The Morgan fingerprint density at radius 3 is 2.54 bits per heavy atom. The molecule has 1 unspecified atom stereocenters. The first-order valence-corrected chi connectivity index (χ1v) is 7.86. The van der Waals surface area contributed by atoms with Crippen LogP contribution in [0.4, 0.5) is 0 Å². The zero-order chi connectivity index (χ0) is 17.5. The Kier molecular flexibility index (Phi) is 6.01. The third-order valence-corrected chi connectivity index (χ3v) is 3.38. The molecule has 1 atom stereocenters. The Labute approximate surface area is 141 Å². The van der Waals surface area contributed by atoms with Crippen molar-refractivity contribution < 1.29 is 18.7 Å². The van der Waals surface area contributed by atoms with Gasteiger partial charge in [-0.05, 0) is 45.0 Å². The molecule has 0 fully saturated rings. The van der Waals surface area contributed by atoms with Crippen LogP contribution in [-0.4, -0.2) is 24.4 Å². The molecule has 0 saturated heterocycles. The maximum Gasteiger partial charge on any atom is 0.287 e. The number of nitrogens with one attached hydrogen (secondary N) is 2. The number of rotatable bonds is 7. The molecule has 0 saturated carbocycles. The van der Waals surface area contributed by atoms with Gasteiger partial charge in [-0.3, -0.25) is 9.59 Å². The average Bonchev–Trinajstić information content (AvgIpc) is 3.03. The third-order valence-electron chi connectivity index (χ3n) is 3.38. The van der Waals surface area contributed by atoms with Gasteiger partial charge in [0.25, 0.3) is 5.91 Å². The lowest BCUT2D eigenvalue weighted by atomic mass is 10.2. The number of carbonyl (C=O) groups is 2. The summed E-state index contributed by atoms with van der Waals surface area (Å²) in [5, 5.41) is 5.23. The minimum Gasteiger partial charge on any atom is -0.486 e. The standard InChI is InChI=1S/C18H22N2O4/c1-4-19-17(21)13(3)20-18(22)16-10-9-15(24-16)11-23-14-7-5-12(2)6-8-14/h5-10,13H,4,11H2,1-3H3,(H,19,21)(H,20,22). The number of carbonyl (C=O) groups excluding carboxylic acids is 2. The zero-order valence-electron chi connectivity index (χ0n) is 14.1. The van der Waals surface area contributed by atoms with E-state index in [4.69, 9.17) is 9.15 Å². The van der Waals surface area contributed by atoms with Gasteiger partial charge in [-0.2, -0.15) is 0 Å². The first-order chi connectivity index (χ1) is 11.5. The van der Waals surface area contributed by atoms with Crippen molar-refractivity contribution in [2.24, 2.45) is 0 Å². The molecule has 0 spiro atoms. The number of hydrogen-bond acceptors (Lipinski definition) is 4. The molecule has 0 aliphatic rings. The van der Waals surface area contributed by atoms with Crippen LogP contribution >= 0.6 is 0 Å². The fraction of sp³-hybridized carbons (Fsp3) is 0.333. The Hall–Kier alpha value is -2.76. The summed E-state index contributed by atoms with van der Waals surface area (Å²) in [6.07, 6.45) is 0. The van der Waals surface area contributed by atoms with Gasteiger partial charge in [0.2, 0.25) is 5.91 Å². The highest BCUT2D eigenvalue weighted by molar-refractivity contribution is 5.95. The second kappa shape index (κ2) is 8.19. The van der Waals surface area contributed by atoms with E-state index in [1.54, 1.807) is 19.1 Å². The van der Waals surface area contributed by atoms with Gasteiger partial charge in [-0.25, -0.2) is 0 Å². The quantitative estimate of drug-likeness (QED) is 0.817. The summed E-state index contributed by atoms with van der Waals surface area (Å²) in [6.45, 7) is 6.18. The Bertz CT molecular complexity index is 691. The van der Waals surface area contributed by atoms with Crippen molar-refractivity contribution in [3.05, 3.63) is 53.5 Å². The zero-order valence-corrected chi connectivity index (χ0v) is 14.1. The topological polar surface area (TPSA) is 80.6 Å². The summed E-state index contributed by atoms with van der Waals surface area (Å²) >= 11 is 0. The fourth-order valence-corrected chi connectivity index (χ4v) is 2.03. The van der Waals surface area contributed by atoms with Crippen molar-refractivity contribution >= 4 is 11.8 Å². The smallest absolute Gasteiger partial charge is 0.287 e. The van der Waals surface area contributed by atoms with Crippen LogP contribution in [0.15, 0.2) is 40.8 Å². The molecule has 2 amide bonds. The highest BCUT2D eigenvalue weighted by Crippen LogP contribution is 2.15. The molecule has 6 nitrogen and oxygen atoms in total. The molecule has 1 heterocycles. The summed E-state index contributed by atoms with van der Waals surface area (Å²) in [6, 6.07) is 10.3. The number of ether oxygens (including phenoxy) is 1. The van der Waals surface area contributed by atoms with Gasteiger partial charge in [0.1, 0.15) is 24.2 Å². The van der Waals surface area contributed by atoms with Gasteiger partial charge in [0.15, 0.2) is 5.76 Å². The molecule has 2 rings (SSSR count). The van der Waals surface area contributed by atoms with Crippen molar-refractivity contribution in [3.8, 4) is 5.75 Å². The highest BCUT2D eigenvalue weighted by atomic mass is 16.5. The second-order valence-corrected chi connectivity index (χ2v) is 5.46. The van der Waals surface area contributed by atoms with Crippen molar-refractivity contribution in [3.63, 3.8) is 0 Å². The molecule has 0 aliphatic carbocycles. The van der Waals surface area contributed by atoms with Crippen molar-refractivity contribution in [2.75, 3.05) is 6.54 Å². The monoisotopic (exact) mass is 330 g/mol. The van der Waals surface area contributed by atoms with Gasteiger partial charge < -0.3 is 19.8 Å². The predicted molar refractivity (Wildman–Crippen MR) is 89.8 cm³/mol. The van der Waals surface area contributed by atoms with Crippen LogP contribution in [0.25, 0.3) is 0 Å². The average molecular weight is 330 g/mol. The van der Waals surface area contributed by atoms with E-state index in [0.29, 0.717) is 12.3 Å². The molecule has 6 heteroatoms. The Morgan fingerprint density at radius 2 is 1.88 bits per heavy atom. The van der Waals surface area contributed by atoms with E-state index in [2.05, 4.69) is 10.6 Å². The second-order valence-electron chi connectivity index (χ2n) is 5.46. The van der Waals surface area contributed by atoms with Crippen LogP contribution < -0.4 is 15.4 Å². The molecule has 0 radical (unpaired) electrons. The highest BCUT2D eigenvalue weighted by Gasteiger charge is 2.18. The first-order valence-electron chi connectivity index (χ1n) is 7.86. The van der Waals surface area contributed by atoms with Crippen molar-refractivity contribution in [2.45, 2.75) is 33.4 Å². The van der Waals surface area contributed by atoms with Crippen LogP contribution in [0, 0.1) is 6.92 Å². The molecule has 24 heavy (non-hydrogen) atoms. The lowest BCUT2D eigenvalue weighted by Gasteiger charge is -2.12. The van der Waals surface area contributed by atoms with Crippen LogP contribution in [-0.2, 0) is 11.4 Å². The summed E-state index contributed by atoms with van der Waals surface area (Å²) in [4.78, 5) is 23.7. The summed E-state index contributed by atoms with van der Waals surface area (Å²) in [5.41, 5.74) is 1.15. The molecular formula is C18H22N2O4. The molecule has 0 bridgehead atoms. The Balaban J connectivity index is 1.88. The summed E-state index contributed by atoms with van der Waals surface area (Å²) in [5.74, 6) is 0.739. The first kappa shape index (κ1) is 17.6. The lowest BCUT2D eigenvalue weighted by molar-refractivity contribution is -0.122. The molecule has 2 N–H and O–H groups in total. The number of aryl methyl sites for hydroxylation is 1. The van der Waals surface area contributed by atoms with E-state index < -0.39 is 11.9 Å². The van der Waals surface area contributed by atoms with Gasteiger partial charge in [0.05, 0.1) is 0 Å². The lowest BCUT2D eigenvalue weighted by Crippen LogP contribution is -2.44. The van der Waals surface area contributed by atoms with Crippen molar-refractivity contribution in [1.29, 1.82) is 0 Å². The minimum absolute atomic E-state index is 0.147. The summed E-state index contributed by atoms with van der Waals surface area (Å²) in [7, 11) is 0. The number of amides is 2. The van der Waals surface area contributed by atoms with Crippen molar-refractivity contribution in [1.82, 2.24) is 10.6 Å². The number of likely N-dealkylation sites (N-methyl/N-ethyl adjacent to an activating group) is 1. The Morgan fingerprint density at radius 1 is 1.17 bits per heavy atom. The van der Waals surface area contributed by atoms with Crippen LogP contribution in [0.2, 0.25) is 0 Å². The van der Waals surface area contributed by atoms with E-state index in [1.165, 1.54) is 0 Å². The normalized spacial score (nSPS) is 11.6.